The molecule has 0 radical (unpaired) electrons. The molecule has 0 bridgehead atoms. The Morgan fingerprint density at radius 3 is 2.33 bits per heavy atom. The second kappa shape index (κ2) is 7.74. The van der Waals surface area contributed by atoms with Gasteiger partial charge in [-0.2, -0.15) is 0 Å². The maximum atomic E-state index is 11.6. The van der Waals surface area contributed by atoms with E-state index in [4.69, 9.17) is 4.98 Å². The van der Waals surface area contributed by atoms with E-state index in [1.165, 1.54) is 0 Å². The van der Waals surface area contributed by atoms with E-state index in [0.717, 1.165) is 42.4 Å². The molecular weight excluding hydrogens is 469 g/mol. The van der Waals surface area contributed by atoms with Crippen LogP contribution in [0.1, 0.15) is 0 Å². The standard InChI is InChI=1S/C21H16IN3OS/c1-27(26)18-7-5-15(6-8-18)21-24-19(14-9-11-23-12-10-14)20(25-21)16-3-2-4-17(22)13-16/h2-13H,1H3,(H,24,25)/t27-/m0/s1. The number of H-pyrrole nitrogens is 1. The number of hydrogen-bond donors (Lipinski definition) is 1. The van der Waals surface area contributed by atoms with Crippen molar-refractivity contribution in [2.24, 2.45) is 0 Å². The zero-order valence-corrected chi connectivity index (χ0v) is 17.5. The maximum absolute atomic E-state index is 11.6. The van der Waals surface area contributed by atoms with Crippen molar-refractivity contribution in [3.8, 4) is 33.9 Å². The number of halogens is 1. The Bertz CT molecular complexity index is 1110. The maximum Gasteiger partial charge on any atom is 0.138 e. The predicted octanol–water partition coefficient (Wildman–Crippen LogP) is 5.15. The van der Waals surface area contributed by atoms with Crippen molar-refractivity contribution in [2.75, 3.05) is 6.26 Å². The quantitative estimate of drug-likeness (QED) is 0.407. The minimum Gasteiger partial charge on any atom is -0.337 e. The first kappa shape index (κ1) is 18.1. The summed E-state index contributed by atoms with van der Waals surface area (Å²) in [6, 6.07) is 19.9. The lowest BCUT2D eigenvalue weighted by Gasteiger charge is -2.03. The predicted molar refractivity (Wildman–Crippen MR) is 118 cm³/mol. The number of aromatic amines is 1. The molecule has 2 aromatic carbocycles. The molecule has 0 fully saturated rings. The van der Waals surface area contributed by atoms with Crippen molar-refractivity contribution in [2.45, 2.75) is 4.90 Å². The fraction of sp³-hybridized carbons (Fsp3) is 0.0476. The summed E-state index contributed by atoms with van der Waals surface area (Å²) in [5.74, 6) is 0.782. The van der Waals surface area contributed by atoms with Gasteiger partial charge in [0.2, 0.25) is 0 Å². The van der Waals surface area contributed by atoms with E-state index in [0.29, 0.717) is 0 Å². The summed E-state index contributed by atoms with van der Waals surface area (Å²) in [6.07, 6.45) is 5.23. The highest BCUT2D eigenvalue weighted by molar-refractivity contribution is 14.1. The smallest absolute Gasteiger partial charge is 0.138 e. The molecule has 2 heterocycles. The number of nitrogens with one attached hydrogen (secondary N) is 1. The largest absolute Gasteiger partial charge is 0.337 e. The highest BCUT2D eigenvalue weighted by Crippen LogP contribution is 2.33. The van der Waals surface area contributed by atoms with Crippen LogP contribution in [0.4, 0.5) is 0 Å². The van der Waals surface area contributed by atoms with Gasteiger partial charge in [-0.3, -0.25) is 9.19 Å². The van der Waals surface area contributed by atoms with E-state index in [2.05, 4.69) is 50.8 Å². The summed E-state index contributed by atoms with van der Waals surface area (Å²) in [5.41, 5.74) is 4.90. The third kappa shape index (κ3) is 3.86. The molecule has 0 saturated heterocycles. The van der Waals surface area contributed by atoms with Crippen LogP contribution in [0.2, 0.25) is 0 Å². The Balaban J connectivity index is 1.86. The van der Waals surface area contributed by atoms with Gasteiger partial charge in [-0.15, -0.1) is 0 Å². The number of pyridine rings is 1. The molecule has 134 valence electrons. The first-order chi connectivity index (χ1) is 13.1. The minimum absolute atomic E-state index is 0.782. The Labute approximate surface area is 173 Å². The summed E-state index contributed by atoms with van der Waals surface area (Å²) >= 11 is 2.31. The first-order valence-corrected chi connectivity index (χ1v) is 11.0. The van der Waals surface area contributed by atoms with E-state index in [-0.39, 0.29) is 0 Å². The number of hydrogen-bond acceptors (Lipinski definition) is 3. The molecule has 4 aromatic rings. The van der Waals surface area contributed by atoms with Gasteiger partial charge in [-0.25, -0.2) is 4.98 Å². The van der Waals surface area contributed by atoms with E-state index in [1.54, 1.807) is 18.6 Å². The van der Waals surface area contributed by atoms with Crippen LogP contribution in [0, 0.1) is 3.57 Å². The van der Waals surface area contributed by atoms with Gasteiger partial charge in [0.05, 0.1) is 11.4 Å². The Kier molecular flexibility index (Phi) is 5.18. The van der Waals surface area contributed by atoms with Crippen LogP contribution in [-0.4, -0.2) is 25.4 Å². The van der Waals surface area contributed by atoms with Crippen molar-refractivity contribution < 1.29 is 4.21 Å². The Morgan fingerprint density at radius 2 is 1.67 bits per heavy atom. The minimum atomic E-state index is -0.993. The monoisotopic (exact) mass is 485 g/mol. The lowest BCUT2D eigenvalue weighted by atomic mass is 10.1. The number of nitrogens with zero attached hydrogens (tertiary/aromatic N) is 2. The summed E-state index contributed by atoms with van der Waals surface area (Å²) in [5, 5.41) is 0. The van der Waals surface area contributed by atoms with Gasteiger partial charge in [0.25, 0.3) is 0 Å². The van der Waals surface area contributed by atoms with Gasteiger partial charge in [-0.05, 0) is 59.0 Å². The molecule has 4 nitrogen and oxygen atoms in total. The third-order valence-corrected chi connectivity index (χ3v) is 5.84. The normalized spacial score (nSPS) is 12.1. The fourth-order valence-electron chi connectivity index (χ4n) is 2.89. The summed E-state index contributed by atoms with van der Waals surface area (Å²) < 4.78 is 12.8. The van der Waals surface area contributed by atoms with Crippen LogP contribution < -0.4 is 0 Å². The van der Waals surface area contributed by atoms with Crippen LogP contribution in [0.3, 0.4) is 0 Å². The van der Waals surface area contributed by atoms with E-state index in [1.807, 2.05) is 42.5 Å². The van der Waals surface area contributed by atoms with Crippen LogP contribution in [0.5, 0.6) is 0 Å². The van der Waals surface area contributed by atoms with Gasteiger partial charge in [0, 0.05) is 54.6 Å². The van der Waals surface area contributed by atoms with Crippen LogP contribution in [0.25, 0.3) is 33.9 Å². The van der Waals surface area contributed by atoms with Crippen molar-refractivity contribution in [1.82, 2.24) is 15.0 Å². The average Bonchev–Trinajstić information content (AvgIpc) is 3.14. The third-order valence-electron chi connectivity index (χ3n) is 4.23. The molecule has 1 N–H and O–H groups in total. The molecule has 0 aliphatic heterocycles. The summed E-state index contributed by atoms with van der Waals surface area (Å²) in [6.45, 7) is 0. The molecule has 0 unspecified atom stereocenters. The van der Waals surface area contributed by atoms with Gasteiger partial charge in [0.15, 0.2) is 0 Å². The Morgan fingerprint density at radius 1 is 0.926 bits per heavy atom. The topological polar surface area (TPSA) is 58.6 Å². The van der Waals surface area contributed by atoms with Crippen molar-refractivity contribution in [3.05, 3.63) is 76.6 Å². The van der Waals surface area contributed by atoms with E-state index >= 15 is 0 Å². The highest BCUT2D eigenvalue weighted by atomic mass is 127. The lowest BCUT2D eigenvalue weighted by molar-refractivity contribution is 0.687. The molecule has 27 heavy (non-hydrogen) atoms. The zero-order valence-electron chi connectivity index (χ0n) is 14.5. The van der Waals surface area contributed by atoms with Crippen molar-refractivity contribution in [1.29, 1.82) is 0 Å². The Hall–Kier alpha value is -2.32. The second-order valence-electron chi connectivity index (χ2n) is 6.03. The molecule has 0 aliphatic rings. The van der Waals surface area contributed by atoms with Crippen LogP contribution in [0.15, 0.2) is 78.0 Å². The first-order valence-electron chi connectivity index (χ1n) is 8.32. The molecule has 0 amide bonds. The highest BCUT2D eigenvalue weighted by Gasteiger charge is 2.15. The number of benzene rings is 2. The number of imidazole rings is 1. The molecular formula is C21H16IN3OS. The van der Waals surface area contributed by atoms with E-state index in [9.17, 15) is 4.21 Å². The van der Waals surface area contributed by atoms with Gasteiger partial charge < -0.3 is 4.98 Å². The van der Waals surface area contributed by atoms with Gasteiger partial charge in [-0.1, -0.05) is 24.3 Å². The van der Waals surface area contributed by atoms with Gasteiger partial charge in [0.1, 0.15) is 5.82 Å². The molecule has 1 atom stereocenters. The molecule has 6 heteroatoms. The van der Waals surface area contributed by atoms with Gasteiger partial charge >= 0.3 is 0 Å². The summed E-state index contributed by atoms with van der Waals surface area (Å²) in [7, 11) is -0.993. The molecule has 2 aromatic heterocycles. The summed E-state index contributed by atoms with van der Waals surface area (Å²) in [4.78, 5) is 13.3. The van der Waals surface area contributed by atoms with Crippen molar-refractivity contribution >= 4 is 33.4 Å². The molecule has 0 spiro atoms. The molecule has 0 saturated carbocycles. The SMILES string of the molecule is C[S@](=O)c1ccc(-c2nc(-c3cccc(I)c3)c(-c3ccncc3)[nH]2)cc1. The lowest BCUT2D eigenvalue weighted by Crippen LogP contribution is -1.87. The van der Waals surface area contributed by atoms with Crippen LogP contribution in [-0.2, 0) is 10.8 Å². The number of aromatic nitrogens is 3. The van der Waals surface area contributed by atoms with E-state index < -0.39 is 10.8 Å². The fourth-order valence-corrected chi connectivity index (χ4v) is 3.95. The molecule has 4 rings (SSSR count). The van der Waals surface area contributed by atoms with Crippen molar-refractivity contribution in [3.63, 3.8) is 0 Å². The van der Waals surface area contributed by atoms with Crippen LogP contribution >= 0.6 is 22.6 Å². The average molecular weight is 485 g/mol. The second-order valence-corrected chi connectivity index (χ2v) is 8.66. The number of rotatable bonds is 4. The molecule has 0 aliphatic carbocycles. The zero-order chi connectivity index (χ0) is 18.8.